The van der Waals surface area contributed by atoms with E-state index in [9.17, 15) is 9.90 Å². The summed E-state index contributed by atoms with van der Waals surface area (Å²) in [6, 6.07) is -0.0301. The largest absolute Gasteiger partial charge is 0.389 e. The van der Waals surface area contributed by atoms with Gasteiger partial charge in [0.2, 0.25) is 5.91 Å². The Hall–Kier alpha value is -0.650. The number of hydrogen-bond acceptors (Lipinski definition) is 4. The number of aliphatic hydroxyl groups is 1. The normalized spacial score (nSPS) is 21.9. The van der Waals surface area contributed by atoms with Crippen LogP contribution in [-0.4, -0.2) is 60.9 Å². The van der Waals surface area contributed by atoms with Crippen LogP contribution in [0.2, 0.25) is 0 Å². The number of likely N-dealkylation sites (tertiary alicyclic amines) is 1. The minimum Gasteiger partial charge on any atom is -0.389 e. The molecule has 5 nitrogen and oxygen atoms in total. The molecule has 1 fully saturated rings. The third-order valence-corrected chi connectivity index (χ3v) is 3.60. The summed E-state index contributed by atoms with van der Waals surface area (Å²) in [6.45, 7) is 9.29. The molecule has 0 saturated carbocycles. The number of carbonyl (C=O) groups excluding carboxylic acids is 1. The topological polar surface area (TPSA) is 61.8 Å². The fourth-order valence-electron chi connectivity index (χ4n) is 2.50. The Kier molecular flexibility index (Phi) is 8.11. The van der Waals surface area contributed by atoms with E-state index in [1.54, 1.807) is 0 Å². The lowest BCUT2D eigenvalue weighted by Crippen LogP contribution is -2.50. The van der Waals surface area contributed by atoms with E-state index in [0.717, 1.165) is 25.9 Å². The van der Waals surface area contributed by atoms with Gasteiger partial charge in [-0.3, -0.25) is 9.69 Å². The van der Waals surface area contributed by atoms with E-state index < -0.39 is 6.10 Å². The van der Waals surface area contributed by atoms with Gasteiger partial charge in [-0.2, -0.15) is 0 Å². The van der Waals surface area contributed by atoms with Gasteiger partial charge in [-0.25, -0.2) is 0 Å². The van der Waals surface area contributed by atoms with Gasteiger partial charge in [0.05, 0.1) is 18.8 Å². The van der Waals surface area contributed by atoms with Crippen LogP contribution >= 0.6 is 0 Å². The summed E-state index contributed by atoms with van der Waals surface area (Å²) in [5, 5.41) is 12.6. The Morgan fingerprint density at radius 1 is 1.40 bits per heavy atom. The molecular formula is C15H30N2O3. The van der Waals surface area contributed by atoms with Gasteiger partial charge < -0.3 is 15.2 Å². The smallest absolute Gasteiger partial charge is 0.237 e. The molecule has 2 atom stereocenters. The second-order valence-corrected chi connectivity index (χ2v) is 5.97. The minimum absolute atomic E-state index is 0.0301. The minimum atomic E-state index is -0.628. The first-order chi connectivity index (χ1) is 9.54. The molecule has 0 radical (unpaired) electrons. The number of piperidine rings is 1. The van der Waals surface area contributed by atoms with E-state index in [1.807, 2.05) is 0 Å². The zero-order chi connectivity index (χ0) is 15.0. The van der Waals surface area contributed by atoms with Crippen LogP contribution in [0.25, 0.3) is 0 Å². The number of nitrogens with zero attached hydrogens (tertiary/aromatic N) is 1. The summed E-state index contributed by atoms with van der Waals surface area (Å²) in [7, 11) is 0. The van der Waals surface area contributed by atoms with Gasteiger partial charge in [-0.05, 0) is 31.8 Å². The summed E-state index contributed by atoms with van der Waals surface area (Å²) < 4.78 is 5.37. The summed E-state index contributed by atoms with van der Waals surface area (Å²) in [5.74, 6) is 0.492. The third-order valence-electron chi connectivity index (χ3n) is 3.60. The number of amides is 1. The predicted molar refractivity (Wildman–Crippen MR) is 79.6 cm³/mol. The van der Waals surface area contributed by atoms with E-state index in [0.29, 0.717) is 12.5 Å². The van der Waals surface area contributed by atoms with Crippen molar-refractivity contribution in [2.75, 3.05) is 32.8 Å². The number of nitrogens with one attached hydrogen (secondary N) is 1. The quantitative estimate of drug-likeness (QED) is 0.699. The molecule has 0 aliphatic carbocycles. The number of carbonyl (C=O) groups is 1. The summed E-state index contributed by atoms with van der Waals surface area (Å²) in [5.41, 5.74) is 0. The van der Waals surface area contributed by atoms with Gasteiger partial charge in [-0.1, -0.05) is 27.2 Å². The van der Waals surface area contributed by atoms with Gasteiger partial charge in [0.25, 0.3) is 0 Å². The van der Waals surface area contributed by atoms with Crippen LogP contribution in [0, 0.1) is 5.92 Å². The maximum absolute atomic E-state index is 12.1. The van der Waals surface area contributed by atoms with E-state index in [-0.39, 0.29) is 25.1 Å². The molecule has 0 aromatic heterocycles. The van der Waals surface area contributed by atoms with Crippen molar-refractivity contribution in [3.8, 4) is 0 Å². The molecule has 0 bridgehead atoms. The molecule has 2 unspecified atom stereocenters. The van der Waals surface area contributed by atoms with Gasteiger partial charge in [0.1, 0.15) is 0 Å². The van der Waals surface area contributed by atoms with E-state index >= 15 is 0 Å². The molecular weight excluding hydrogens is 256 g/mol. The lowest BCUT2D eigenvalue weighted by atomic mass is 10.0. The zero-order valence-corrected chi connectivity index (χ0v) is 13.1. The number of rotatable bonds is 8. The number of likely N-dealkylation sites (N-methyl/N-ethyl adjacent to an activating group) is 1. The number of hydrogen-bond donors (Lipinski definition) is 2. The lowest BCUT2D eigenvalue weighted by molar-refractivity contribution is -0.128. The Bertz CT molecular complexity index is 284. The Labute approximate surface area is 122 Å². The molecule has 1 aliphatic heterocycles. The lowest BCUT2D eigenvalue weighted by Gasteiger charge is -2.33. The van der Waals surface area contributed by atoms with Gasteiger partial charge >= 0.3 is 0 Å². The highest BCUT2D eigenvalue weighted by atomic mass is 16.5. The van der Waals surface area contributed by atoms with Crippen molar-refractivity contribution in [2.45, 2.75) is 52.2 Å². The number of aliphatic hydroxyl groups excluding tert-OH is 1. The average molecular weight is 286 g/mol. The van der Waals surface area contributed by atoms with E-state index in [1.165, 1.54) is 6.42 Å². The molecule has 1 heterocycles. The maximum atomic E-state index is 12.1. The molecule has 1 aliphatic rings. The second kappa shape index (κ2) is 9.32. The van der Waals surface area contributed by atoms with Crippen molar-refractivity contribution in [2.24, 2.45) is 5.92 Å². The molecule has 1 rings (SSSR count). The SMILES string of the molecule is CCN1CCCCC1C(=O)NCC(O)COCC(C)C. The molecule has 0 aromatic carbocycles. The van der Waals surface area contributed by atoms with Crippen LogP contribution < -0.4 is 5.32 Å². The average Bonchev–Trinajstić information content (AvgIpc) is 2.44. The molecule has 1 saturated heterocycles. The van der Waals surface area contributed by atoms with Crippen molar-refractivity contribution in [1.29, 1.82) is 0 Å². The number of ether oxygens (including phenoxy) is 1. The van der Waals surface area contributed by atoms with Crippen molar-refractivity contribution >= 4 is 5.91 Å². The zero-order valence-electron chi connectivity index (χ0n) is 13.1. The van der Waals surface area contributed by atoms with Crippen LogP contribution in [0.1, 0.15) is 40.0 Å². The highest BCUT2D eigenvalue weighted by molar-refractivity contribution is 5.81. The van der Waals surface area contributed by atoms with Crippen molar-refractivity contribution in [3.05, 3.63) is 0 Å². The fourth-order valence-corrected chi connectivity index (χ4v) is 2.50. The Balaban J connectivity index is 2.24. The Morgan fingerprint density at radius 3 is 2.80 bits per heavy atom. The van der Waals surface area contributed by atoms with Gasteiger partial charge in [0.15, 0.2) is 0 Å². The highest BCUT2D eigenvalue weighted by Crippen LogP contribution is 2.16. The summed E-state index contributed by atoms with van der Waals surface area (Å²) in [4.78, 5) is 14.4. The monoisotopic (exact) mass is 286 g/mol. The first kappa shape index (κ1) is 17.4. The molecule has 20 heavy (non-hydrogen) atoms. The van der Waals surface area contributed by atoms with Crippen LogP contribution in [0.3, 0.4) is 0 Å². The first-order valence-corrected chi connectivity index (χ1v) is 7.82. The van der Waals surface area contributed by atoms with Gasteiger partial charge in [-0.15, -0.1) is 0 Å². The van der Waals surface area contributed by atoms with E-state index in [4.69, 9.17) is 4.74 Å². The Morgan fingerprint density at radius 2 is 2.15 bits per heavy atom. The molecule has 5 heteroatoms. The van der Waals surface area contributed by atoms with E-state index in [2.05, 4.69) is 31.0 Å². The molecule has 0 spiro atoms. The summed E-state index contributed by atoms with van der Waals surface area (Å²) >= 11 is 0. The van der Waals surface area contributed by atoms with Crippen molar-refractivity contribution in [3.63, 3.8) is 0 Å². The third kappa shape index (κ3) is 6.20. The molecule has 118 valence electrons. The molecule has 2 N–H and O–H groups in total. The molecule has 0 aromatic rings. The van der Waals surface area contributed by atoms with Crippen LogP contribution in [0.4, 0.5) is 0 Å². The highest BCUT2D eigenvalue weighted by Gasteiger charge is 2.27. The van der Waals surface area contributed by atoms with Crippen molar-refractivity contribution in [1.82, 2.24) is 10.2 Å². The van der Waals surface area contributed by atoms with Crippen LogP contribution in [0.15, 0.2) is 0 Å². The van der Waals surface area contributed by atoms with Crippen LogP contribution in [-0.2, 0) is 9.53 Å². The maximum Gasteiger partial charge on any atom is 0.237 e. The predicted octanol–water partition coefficient (Wildman–Crippen LogP) is 1.01. The second-order valence-electron chi connectivity index (χ2n) is 5.97. The molecule has 1 amide bonds. The van der Waals surface area contributed by atoms with Crippen molar-refractivity contribution < 1.29 is 14.6 Å². The summed E-state index contributed by atoms with van der Waals surface area (Å²) in [6.07, 6.45) is 2.56. The van der Waals surface area contributed by atoms with Gasteiger partial charge in [0, 0.05) is 13.2 Å². The standard InChI is InChI=1S/C15H30N2O3/c1-4-17-8-6-5-7-14(17)15(19)16-9-13(18)11-20-10-12(2)3/h12-14,18H,4-11H2,1-3H3,(H,16,19). The van der Waals surface area contributed by atoms with Crippen LogP contribution in [0.5, 0.6) is 0 Å². The fraction of sp³-hybridized carbons (Fsp3) is 0.933. The first-order valence-electron chi connectivity index (χ1n) is 7.82.